The fourth-order valence-corrected chi connectivity index (χ4v) is 1.24. The predicted octanol–water partition coefficient (Wildman–Crippen LogP) is 1.56. The second-order valence-corrected chi connectivity index (χ2v) is 3.23. The summed E-state index contributed by atoms with van der Waals surface area (Å²) in [6, 6.07) is 3.42. The van der Waals surface area contributed by atoms with Gasteiger partial charge in [-0.2, -0.15) is 0 Å². The number of esters is 1. The fraction of sp³-hybridized carbons (Fsp3) is 0.167. The van der Waals surface area contributed by atoms with Crippen LogP contribution in [0.3, 0.4) is 0 Å². The first-order valence-electron chi connectivity index (χ1n) is 5.02. The Kier molecular flexibility index (Phi) is 4.87. The van der Waals surface area contributed by atoms with Crippen LogP contribution in [0.2, 0.25) is 0 Å². The van der Waals surface area contributed by atoms with E-state index in [9.17, 15) is 14.0 Å². The Bertz CT molecular complexity index is 523. The highest BCUT2D eigenvalue weighted by atomic mass is 19.1. The Morgan fingerprint density at radius 1 is 1.32 bits per heavy atom. The number of carbonyl (C=O) groups excluding carboxylic acids is 1. The van der Waals surface area contributed by atoms with E-state index in [0.29, 0.717) is 0 Å². The van der Waals surface area contributed by atoms with Crippen molar-refractivity contribution in [2.75, 3.05) is 14.2 Å². The standard InChI is InChI=1S/C12H11FO6/c1-17-6-9(12(16)18-2)19-8-5-3-4-7(13)10(8)11(14)15/h3-6H,1-2H3,(H,14,15). The lowest BCUT2D eigenvalue weighted by Gasteiger charge is -2.10. The molecular formula is C12H11FO6. The summed E-state index contributed by atoms with van der Waals surface area (Å²) in [6.45, 7) is 0. The zero-order chi connectivity index (χ0) is 14.4. The van der Waals surface area contributed by atoms with Crippen molar-refractivity contribution < 1.29 is 33.3 Å². The summed E-state index contributed by atoms with van der Waals surface area (Å²) in [5.41, 5.74) is -0.687. The van der Waals surface area contributed by atoms with E-state index in [-0.39, 0.29) is 5.75 Å². The summed E-state index contributed by atoms with van der Waals surface area (Å²) in [5, 5.41) is 8.90. The lowest BCUT2D eigenvalue weighted by atomic mass is 10.2. The van der Waals surface area contributed by atoms with Gasteiger partial charge in [0.05, 0.1) is 14.2 Å². The van der Waals surface area contributed by atoms with Gasteiger partial charge in [0.1, 0.15) is 23.4 Å². The van der Waals surface area contributed by atoms with E-state index < -0.39 is 29.1 Å². The quantitative estimate of drug-likeness (QED) is 0.496. The molecule has 1 aromatic carbocycles. The van der Waals surface area contributed by atoms with E-state index in [1.165, 1.54) is 19.2 Å². The molecule has 0 aromatic heterocycles. The maximum absolute atomic E-state index is 13.4. The van der Waals surface area contributed by atoms with Gasteiger partial charge >= 0.3 is 11.9 Å². The number of aromatic carboxylic acids is 1. The van der Waals surface area contributed by atoms with Crippen molar-refractivity contribution in [2.45, 2.75) is 0 Å². The molecule has 0 saturated heterocycles. The monoisotopic (exact) mass is 270 g/mol. The number of ether oxygens (including phenoxy) is 3. The van der Waals surface area contributed by atoms with E-state index in [4.69, 9.17) is 9.84 Å². The molecule has 0 saturated carbocycles. The highest BCUT2D eigenvalue weighted by Gasteiger charge is 2.21. The van der Waals surface area contributed by atoms with Crippen molar-refractivity contribution in [1.82, 2.24) is 0 Å². The number of carboxylic acid groups (broad SMARTS) is 1. The van der Waals surface area contributed by atoms with Crippen molar-refractivity contribution in [2.24, 2.45) is 0 Å². The first kappa shape index (κ1) is 14.5. The highest BCUT2D eigenvalue weighted by Crippen LogP contribution is 2.23. The number of carboxylic acids is 1. The van der Waals surface area contributed by atoms with Crippen LogP contribution in [-0.4, -0.2) is 31.3 Å². The van der Waals surface area contributed by atoms with Crippen molar-refractivity contribution in [3.8, 4) is 5.75 Å². The van der Waals surface area contributed by atoms with Gasteiger partial charge in [-0.3, -0.25) is 0 Å². The second kappa shape index (κ2) is 6.39. The molecule has 0 bridgehead atoms. The molecular weight excluding hydrogens is 259 g/mol. The summed E-state index contributed by atoms with van der Waals surface area (Å²) in [7, 11) is 2.37. The maximum atomic E-state index is 13.4. The average molecular weight is 270 g/mol. The molecule has 0 amide bonds. The van der Waals surface area contributed by atoms with Crippen LogP contribution >= 0.6 is 0 Å². The molecule has 19 heavy (non-hydrogen) atoms. The Morgan fingerprint density at radius 3 is 2.53 bits per heavy atom. The average Bonchev–Trinajstić information content (AvgIpc) is 2.37. The number of rotatable bonds is 5. The number of benzene rings is 1. The number of hydrogen-bond acceptors (Lipinski definition) is 5. The van der Waals surface area contributed by atoms with Gasteiger partial charge in [-0.15, -0.1) is 0 Å². The van der Waals surface area contributed by atoms with Crippen LogP contribution in [0.25, 0.3) is 0 Å². The number of methoxy groups -OCH3 is 2. The lowest BCUT2D eigenvalue weighted by molar-refractivity contribution is -0.138. The van der Waals surface area contributed by atoms with Crippen molar-refractivity contribution in [3.05, 3.63) is 41.6 Å². The molecule has 0 unspecified atom stereocenters. The van der Waals surface area contributed by atoms with Crippen LogP contribution in [0.1, 0.15) is 10.4 Å². The molecule has 0 fully saturated rings. The highest BCUT2D eigenvalue weighted by molar-refractivity contribution is 5.92. The predicted molar refractivity (Wildman–Crippen MR) is 61.1 cm³/mol. The van der Waals surface area contributed by atoms with Gasteiger partial charge in [0.15, 0.2) is 0 Å². The summed E-state index contributed by atoms with van der Waals surface area (Å²) in [5.74, 6) is -4.12. The Hall–Kier alpha value is -2.57. The van der Waals surface area contributed by atoms with E-state index in [1.807, 2.05) is 0 Å². The number of halogens is 1. The third kappa shape index (κ3) is 3.44. The van der Waals surface area contributed by atoms with Crippen LogP contribution in [-0.2, 0) is 14.3 Å². The second-order valence-electron chi connectivity index (χ2n) is 3.23. The van der Waals surface area contributed by atoms with Gasteiger partial charge in [-0.1, -0.05) is 6.07 Å². The van der Waals surface area contributed by atoms with E-state index >= 15 is 0 Å². The first-order chi connectivity index (χ1) is 9.01. The molecule has 6 nitrogen and oxygen atoms in total. The molecule has 0 aliphatic heterocycles. The summed E-state index contributed by atoms with van der Waals surface area (Å²) >= 11 is 0. The molecule has 0 spiro atoms. The molecule has 0 aliphatic carbocycles. The SMILES string of the molecule is COC=C(Oc1cccc(F)c1C(=O)O)C(=O)OC. The minimum absolute atomic E-state index is 0.332. The van der Waals surface area contributed by atoms with Crippen molar-refractivity contribution in [3.63, 3.8) is 0 Å². The smallest absolute Gasteiger partial charge is 0.377 e. The largest absolute Gasteiger partial charge is 0.500 e. The molecule has 1 N–H and O–H groups in total. The zero-order valence-electron chi connectivity index (χ0n) is 10.2. The Morgan fingerprint density at radius 2 is 2.00 bits per heavy atom. The van der Waals surface area contributed by atoms with E-state index in [0.717, 1.165) is 19.4 Å². The molecule has 0 heterocycles. The van der Waals surface area contributed by atoms with Crippen molar-refractivity contribution >= 4 is 11.9 Å². The molecule has 0 atom stereocenters. The molecule has 1 rings (SSSR count). The maximum Gasteiger partial charge on any atom is 0.377 e. The summed E-state index contributed by atoms with van der Waals surface area (Å²) < 4.78 is 27.4. The third-order valence-corrected chi connectivity index (χ3v) is 2.02. The van der Waals surface area contributed by atoms with Crippen LogP contribution in [0.4, 0.5) is 4.39 Å². The first-order valence-corrected chi connectivity index (χ1v) is 5.02. The normalized spacial score (nSPS) is 10.8. The van der Waals surface area contributed by atoms with Crippen LogP contribution < -0.4 is 4.74 Å². The lowest BCUT2D eigenvalue weighted by Crippen LogP contribution is -2.13. The topological polar surface area (TPSA) is 82.1 Å². The molecule has 0 aliphatic rings. The summed E-state index contributed by atoms with van der Waals surface area (Å²) in [4.78, 5) is 22.3. The van der Waals surface area contributed by atoms with Gasteiger partial charge in [0, 0.05) is 0 Å². The Labute approximate surface area is 108 Å². The van der Waals surface area contributed by atoms with Crippen LogP contribution in [0, 0.1) is 5.82 Å². The zero-order valence-corrected chi connectivity index (χ0v) is 10.2. The minimum Gasteiger partial charge on any atom is -0.500 e. The van der Waals surface area contributed by atoms with Crippen molar-refractivity contribution in [1.29, 1.82) is 0 Å². The van der Waals surface area contributed by atoms with Gasteiger partial charge in [-0.05, 0) is 12.1 Å². The third-order valence-electron chi connectivity index (χ3n) is 2.02. The van der Waals surface area contributed by atoms with Gasteiger partial charge in [-0.25, -0.2) is 14.0 Å². The van der Waals surface area contributed by atoms with Gasteiger partial charge < -0.3 is 19.3 Å². The minimum atomic E-state index is -1.52. The molecule has 0 radical (unpaired) electrons. The fourth-order valence-electron chi connectivity index (χ4n) is 1.24. The van der Waals surface area contributed by atoms with Gasteiger partial charge in [0.25, 0.3) is 0 Å². The molecule has 7 heteroatoms. The van der Waals surface area contributed by atoms with E-state index in [2.05, 4.69) is 9.47 Å². The van der Waals surface area contributed by atoms with Gasteiger partial charge in [0.2, 0.25) is 5.76 Å². The Balaban J connectivity index is 3.17. The van der Waals surface area contributed by atoms with Crippen LogP contribution in [0.15, 0.2) is 30.2 Å². The molecule has 1 aromatic rings. The number of hydrogen-bond donors (Lipinski definition) is 1. The number of carbonyl (C=O) groups is 2. The van der Waals surface area contributed by atoms with E-state index in [1.54, 1.807) is 0 Å². The summed E-state index contributed by atoms with van der Waals surface area (Å²) in [6.07, 6.45) is 0.919. The molecule has 102 valence electrons. The van der Waals surface area contributed by atoms with Crippen LogP contribution in [0.5, 0.6) is 5.75 Å².